The third-order valence-electron chi connectivity index (χ3n) is 1.66. The Labute approximate surface area is 98.1 Å². The molecule has 0 heterocycles. The summed E-state index contributed by atoms with van der Waals surface area (Å²) in [5, 5.41) is -0.447. The van der Waals surface area contributed by atoms with E-state index < -0.39 is 28.8 Å². The fourth-order valence-corrected chi connectivity index (χ4v) is 1.20. The van der Waals surface area contributed by atoms with Crippen molar-refractivity contribution in [3.8, 4) is 5.75 Å². The van der Waals surface area contributed by atoms with Gasteiger partial charge in [0.2, 0.25) is 5.91 Å². The van der Waals surface area contributed by atoms with Crippen molar-refractivity contribution in [3.63, 3.8) is 0 Å². The second-order valence-electron chi connectivity index (χ2n) is 2.87. The zero-order valence-electron chi connectivity index (χ0n) is 8.05. The van der Waals surface area contributed by atoms with Crippen LogP contribution < -0.4 is 10.5 Å². The number of benzene rings is 1. The van der Waals surface area contributed by atoms with Crippen LogP contribution in [-0.2, 0) is 4.79 Å². The molecular formula is C9H5ClF3NO3. The van der Waals surface area contributed by atoms with Gasteiger partial charge >= 0.3 is 12.1 Å². The molecule has 0 fully saturated rings. The maximum atomic E-state index is 11.9. The Bertz CT molecular complexity index is 473. The molecule has 0 bridgehead atoms. The van der Waals surface area contributed by atoms with E-state index in [1.165, 1.54) is 12.1 Å². The summed E-state index contributed by atoms with van der Waals surface area (Å²) in [5.41, 5.74) is 4.68. The fraction of sp³-hybridized carbons (Fsp3) is 0.111. The Hall–Kier alpha value is -1.76. The van der Waals surface area contributed by atoms with Gasteiger partial charge in [0.05, 0.1) is 10.6 Å². The van der Waals surface area contributed by atoms with E-state index in [1.54, 1.807) is 0 Å². The van der Waals surface area contributed by atoms with Crippen LogP contribution in [0.2, 0.25) is 5.02 Å². The first-order valence-electron chi connectivity index (χ1n) is 4.11. The van der Waals surface area contributed by atoms with Gasteiger partial charge in [-0.05, 0) is 12.1 Å². The average molecular weight is 268 g/mol. The fourth-order valence-electron chi connectivity index (χ4n) is 0.938. The van der Waals surface area contributed by atoms with Gasteiger partial charge in [-0.3, -0.25) is 4.79 Å². The molecule has 0 atom stereocenters. The number of nitrogens with two attached hydrogens (primary N) is 1. The molecule has 4 nitrogen and oxygen atoms in total. The van der Waals surface area contributed by atoms with Gasteiger partial charge in [0.1, 0.15) is 0 Å². The summed E-state index contributed by atoms with van der Waals surface area (Å²) in [6.07, 6.45) is -5.15. The summed E-state index contributed by atoms with van der Waals surface area (Å²) in [7, 11) is 0. The van der Waals surface area contributed by atoms with Crippen molar-refractivity contribution in [1.29, 1.82) is 0 Å². The van der Waals surface area contributed by atoms with Crippen LogP contribution in [0.25, 0.3) is 0 Å². The van der Waals surface area contributed by atoms with E-state index >= 15 is 0 Å². The van der Waals surface area contributed by atoms with Gasteiger partial charge in [-0.25, -0.2) is 4.79 Å². The molecule has 2 N–H and O–H groups in total. The molecule has 0 saturated heterocycles. The first-order chi connectivity index (χ1) is 7.73. The van der Waals surface area contributed by atoms with E-state index in [9.17, 15) is 22.8 Å². The largest absolute Gasteiger partial charge is 0.491 e. The number of esters is 1. The minimum Gasteiger partial charge on any atom is -0.418 e. The lowest BCUT2D eigenvalue weighted by molar-refractivity contribution is -0.189. The lowest BCUT2D eigenvalue weighted by Crippen LogP contribution is -2.28. The molecule has 0 spiro atoms. The lowest BCUT2D eigenvalue weighted by atomic mass is 10.2. The summed E-state index contributed by atoms with van der Waals surface area (Å²) >= 11 is 5.55. The highest BCUT2D eigenvalue weighted by atomic mass is 35.5. The average Bonchev–Trinajstić information content (AvgIpc) is 2.19. The Morgan fingerprint density at radius 1 is 1.29 bits per heavy atom. The molecule has 1 amide bonds. The van der Waals surface area contributed by atoms with Crippen LogP contribution in [0.3, 0.4) is 0 Å². The summed E-state index contributed by atoms with van der Waals surface area (Å²) in [4.78, 5) is 21.4. The van der Waals surface area contributed by atoms with Crippen molar-refractivity contribution in [2.45, 2.75) is 6.18 Å². The van der Waals surface area contributed by atoms with Gasteiger partial charge in [0.15, 0.2) is 5.75 Å². The van der Waals surface area contributed by atoms with Crippen LogP contribution in [0.4, 0.5) is 13.2 Å². The molecule has 17 heavy (non-hydrogen) atoms. The number of carbonyl (C=O) groups is 2. The SMILES string of the molecule is NC(=O)c1cccc(OC(=O)C(F)(F)F)c1Cl. The molecule has 0 aliphatic carbocycles. The van der Waals surface area contributed by atoms with Crippen LogP contribution in [0, 0.1) is 0 Å². The zero-order chi connectivity index (χ0) is 13.2. The number of ether oxygens (including phenoxy) is 1. The molecule has 0 unspecified atom stereocenters. The topological polar surface area (TPSA) is 69.4 Å². The van der Waals surface area contributed by atoms with Gasteiger partial charge < -0.3 is 10.5 Å². The Kier molecular flexibility index (Phi) is 3.62. The van der Waals surface area contributed by atoms with Gasteiger partial charge in [0, 0.05) is 0 Å². The monoisotopic (exact) mass is 267 g/mol. The molecule has 0 radical (unpaired) electrons. The number of hydrogen-bond donors (Lipinski definition) is 1. The highest BCUT2D eigenvalue weighted by Crippen LogP contribution is 2.29. The molecule has 0 aliphatic heterocycles. The van der Waals surface area contributed by atoms with Crippen LogP contribution in [0.15, 0.2) is 18.2 Å². The van der Waals surface area contributed by atoms with E-state index in [1.807, 2.05) is 0 Å². The number of rotatable bonds is 2. The third kappa shape index (κ3) is 3.10. The Balaban J connectivity index is 3.05. The number of alkyl halides is 3. The molecule has 1 aromatic rings. The van der Waals surface area contributed by atoms with Gasteiger partial charge in [-0.2, -0.15) is 13.2 Å². The predicted octanol–water partition coefficient (Wildman–Crippen LogP) is 1.91. The molecule has 0 aliphatic rings. The van der Waals surface area contributed by atoms with Crippen LogP contribution in [0.5, 0.6) is 5.75 Å². The molecule has 92 valence electrons. The predicted molar refractivity (Wildman–Crippen MR) is 51.7 cm³/mol. The van der Waals surface area contributed by atoms with Crippen molar-refractivity contribution in [3.05, 3.63) is 28.8 Å². The van der Waals surface area contributed by atoms with E-state index in [-0.39, 0.29) is 5.56 Å². The van der Waals surface area contributed by atoms with Crippen LogP contribution >= 0.6 is 11.6 Å². The summed E-state index contributed by atoms with van der Waals surface area (Å²) in [5.74, 6) is -3.95. The lowest BCUT2D eigenvalue weighted by Gasteiger charge is -2.09. The third-order valence-corrected chi connectivity index (χ3v) is 2.05. The van der Waals surface area contributed by atoms with Crippen LogP contribution in [-0.4, -0.2) is 18.1 Å². The first-order valence-corrected chi connectivity index (χ1v) is 4.48. The molecule has 0 saturated carbocycles. The summed E-state index contributed by atoms with van der Waals surface area (Å²) < 4.78 is 39.7. The maximum Gasteiger partial charge on any atom is 0.491 e. The van der Waals surface area contributed by atoms with Gasteiger partial charge in [0.25, 0.3) is 0 Å². The second kappa shape index (κ2) is 4.62. The van der Waals surface area contributed by atoms with Crippen molar-refractivity contribution in [2.75, 3.05) is 0 Å². The van der Waals surface area contributed by atoms with Crippen molar-refractivity contribution < 1.29 is 27.5 Å². The molecular weight excluding hydrogens is 263 g/mol. The maximum absolute atomic E-state index is 11.9. The number of halogens is 4. The number of primary amides is 1. The van der Waals surface area contributed by atoms with Crippen molar-refractivity contribution >= 4 is 23.5 Å². The Morgan fingerprint density at radius 3 is 2.35 bits per heavy atom. The second-order valence-corrected chi connectivity index (χ2v) is 3.25. The van der Waals surface area contributed by atoms with E-state index in [0.717, 1.165) is 6.07 Å². The van der Waals surface area contributed by atoms with E-state index in [4.69, 9.17) is 17.3 Å². The van der Waals surface area contributed by atoms with Gasteiger partial charge in [-0.1, -0.05) is 17.7 Å². The van der Waals surface area contributed by atoms with Gasteiger partial charge in [-0.15, -0.1) is 0 Å². The first kappa shape index (κ1) is 13.3. The summed E-state index contributed by atoms with van der Waals surface area (Å²) in [6.45, 7) is 0. The Morgan fingerprint density at radius 2 is 1.88 bits per heavy atom. The number of carbonyl (C=O) groups excluding carboxylic acids is 2. The number of amides is 1. The normalized spacial score (nSPS) is 11.1. The zero-order valence-corrected chi connectivity index (χ0v) is 8.80. The standard InChI is InChI=1S/C9H5ClF3NO3/c10-6-4(7(14)15)2-1-3-5(6)17-8(16)9(11,12)13/h1-3H,(H2,14,15). The smallest absolute Gasteiger partial charge is 0.418 e. The highest BCUT2D eigenvalue weighted by molar-refractivity contribution is 6.35. The quantitative estimate of drug-likeness (QED) is 0.657. The minimum absolute atomic E-state index is 0.237. The van der Waals surface area contributed by atoms with E-state index in [0.29, 0.717) is 0 Å². The molecule has 8 heteroatoms. The van der Waals surface area contributed by atoms with Crippen molar-refractivity contribution in [1.82, 2.24) is 0 Å². The molecule has 1 rings (SSSR count). The summed E-state index contributed by atoms with van der Waals surface area (Å²) in [6, 6.07) is 3.39. The van der Waals surface area contributed by atoms with Crippen molar-refractivity contribution in [2.24, 2.45) is 5.73 Å². The van der Waals surface area contributed by atoms with E-state index in [2.05, 4.69) is 4.74 Å². The number of hydrogen-bond acceptors (Lipinski definition) is 3. The highest BCUT2D eigenvalue weighted by Gasteiger charge is 2.41. The molecule has 1 aromatic carbocycles. The molecule has 0 aromatic heterocycles. The minimum atomic E-state index is -5.15. The van der Waals surface area contributed by atoms with Crippen LogP contribution in [0.1, 0.15) is 10.4 Å².